The maximum Gasteiger partial charge on any atom is 0.245 e. The largest absolute Gasteiger partial charge is 0.391 e. The van der Waals surface area contributed by atoms with Crippen LogP contribution in [0.3, 0.4) is 0 Å². The Balaban J connectivity index is 3.77. The van der Waals surface area contributed by atoms with Gasteiger partial charge in [0, 0.05) is 13.0 Å². The maximum atomic E-state index is 14.2. The lowest BCUT2D eigenvalue weighted by atomic mass is 9.89. The average Bonchev–Trinajstić information content (AvgIpc) is 3.25. The highest BCUT2D eigenvalue weighted by molar-refractivity contribution is 5.98. The summed E-state index contributed by atoms with van der Waals surface area (Å²) in [6, 6.07) is -10.6. The first kappa shape index (κ1) is 62.0. The van der Waals surface area contributed by atoms with Gasteiger partial charge in [0.15, 0.2) is 0 Å². The van der Waals surface area contributed by atoms with E-state index >= 15 is 0 Å². The summed E-state index contributed by atoms with van der Waals surface area (Å²) in [7, 11) is 0. The molecule has 0 aliphatic carbocycles. The van der Waals surface area contributed by atoms with Crippen LogP contribution in [0.1, 0.15) is 132 Å². The molecule has 0 radical (unpaired) electrons. The molecule has 9 atom stereocenters. The van der Waals surface area contributed by atoms with Gasteiger partial charge in [-0.3, -0.25) is 43.2 Å². The molecule has 0 spiro atoms. The normalized spacial score (nSPS) is 24.2. The van der Waals surface area contributed by atoms with E-state index in [1.165, 1.54) is 6.92 Å². The van der Waals surface area contributed by atoms with Gasteiger partial charge in [-0.2, -0.15) is 0 Å². The third-order valence-corrected chi connectivity index (χ3v) is 11.3. The van der Waals surface area contributed by atoms with Crippen LogP contribution < -0.4 is 70.8 Å². The molecule has 69 heavy (non-hydrogen) atoms. The van der Waals surface area contributed by atoms with Gasteiger partial charge >= 0.3 is 0 Å². The lowest BCUT2D eigenvalue weighted by Crippen LogP contribution is -2.61. The third kappa shape index (κ3) is 24.4. The number of nitrogens with two attached hydrogens (primary N) is 4. The Hall–Kier alpha value is -4.97. The fraction of sp³-hybridized carbons (Fsp3) is 0.804. The molecule has 1 aliphatic rings. The molecule has 1 saturated heterocycles. The minimum absolute atomic E-state index is 0.000176. The van der Waals surface area contributed by atoms with Crippen molar-refractivity contribution in [1.29, 1.82) is 0 Å². The van der Waals surface area contributed by atoms with E-state index in [-0.39, 0.29) is 107 Å². The maximum absolute atomic E-state index is 14.2. The van der Waals surface area contributed by atoms with Gasteiger partial charge in [0.2, 0.25) is 53.2 Å². The van der Waals surface area contributed by atoms with E-state index in [0.717, 1.165) is 19.3 Å². The zero-order chi connectivity index (χ0) is 52.4. The molecule has 0 bridgehead atoms. The van der Waals surface area contributed by atoms with Crippen LogP contribution in [0.5, 0.6) is 0 Å². The number of nitrogens with one attached hydrogen (secondary N) is 9. The molecule has 396 valence electrons. The number of aliphatic hydroxyl groups excluding tert-OH is 1. The van der Waals surface area contributed by atoms with Crippen LogP contribution >= 0.6 is 0 Å². The van der Waals surface area contributed by atoms with E-state index in [0.29, 0.717) is 6.42 Å². The van der Waals surface area contributed by atoms with Crippen molar-refractivity contribution in [2.45, 2.75) is 187 Å². The molecule has 1 aliphatic heterocycles. The summed E-state index contributed by atoms with van der Waals surface area (Å²) in [6.07, 6.45) is 1.61. The number of carbonyl (C=O) groups is 9. The third-order valence-electron chi connectivity index (χ3n) is 11.3. The summed E-state index contributed by atoms with van der Waals surface area (Å²) in [5, 5.41) is 34.2. The zero-order valence-corrected chi connectivity index (χ0v) is 42.3. The first-order valence-electron chi connectivity index (χ1n) is 24.6. The van der Waals surface area contributed by atoms with Crippen molar-refractivity contribution in [2.75, 3.05) is 32.7 Å². The Kier molecular flexibility index (Phi) is 28.8. The minimum Gasteiger partial charge on any atom is -0.391 e. The summed E-state index contributed by atoms with van der Waals surface area (Å²) in [4.78, 5) is 124. The molecular weight excluding hydrogens is 895 g/mol. The quantitative estimate of drug-likeness (QED) is 0.0519. The number of amides is 9. The van der Waals surface area contributed by atoms with Gasteiger partial charge in [0.05, 0.1) is 6.10 Å². The highest BCUT2D eigenvalue weighted by atomic mass is 16.3. The van der Waals surface area contributed by atoms with Gasteiger partial charge in [-0.15, -0.1) is 0 Å². The molecule has 23 heteroatoms. The molecule has 0 aromatic rings. The van der Waals surface area contributed by atoms with Crippen LogP contribution in [0.4, 0.5) is 0 Å². The molecule has 1 fully saturated rings. The minimum atomic E-state index is -1.59. The highest BCUT2D eigenvalue weighted by Crippen LogP contribution is 2.22. The molecule has 9 amide bonds. The summed E-state index contributed by atoms with van der Waals surface area (Å²) in [6.45, 7) is 14.3. The molecule has 0 saturated carbocycles. The van der Waals surface area contributed by atoms with Crippen molar-refractivity contribution in [3.05, 3.63) is 0 Å². The number of rotatable bonds is 21. The number of aliphatic hydroxyl groups is 1. The molecule has 18 N–H and O–H groups in total. The fourth-order valence-electron chi connectivity index (χ4n) is 7.54. The molecule has 1 heterocycles. The monoisotopic (exact) mass is 982 g/mol. The molecule has 1 rings (SSSR count). The SMILES string of the molecule is CC(C)C[C@@H]1NC(=O)[C@@H](CC(C)C)NC(=O)[C@H](CCN)NC(=O)[C@@H](NC(=O)[C@@H](CCN)NC(=O)CCCCCC(C)(C)C)CCNC(=O)[C@H]([C@@H](C)O)NC(=O)[C@H](CCN)NC(=O)[C@H](CCN)NC1=O. The smallest absolute Gasteiger partial charge is 0.245 e. The van der Waals surface area contributed by atoms with Gasteiger partial charge in [0.25, 0.3) is 0 Å². The van der Waals surface area contributed by atoms with Crippen LogP contribution in [-0.4, -0.2) is 145 Å². The number of carbonyl (C=O) groups excluding carboxylic acids is 9. The standard InChI is InChI=1S/C46H87N13O10/c1-26(2)24-34-43(67)55-30(14-20-48)39(63)54-32(16-22-50)42(66)59-37(28(5)60)45(69)51-23-17-33(41(65)53-31(15-21-49)40(64)57-35(25-27(3)4)44(68)58-34)56-38(62)29(13-19-47)52-36(61)12-10-9-11-18-46(6,7)8/h26-35,37,60H,9-25,47-50H2,1-8H3,(H,51,69)(H,52,61)(H,53,65)(H,54,63)(H,55,67)(H,56,62)(H,57,64)(H,58,68)(H,59,66)/t28-,29-,30+,31+,32+,33+,34+,35-,37+/m1/s1. The number of hydrogen-bond acceptors (Lipinski definition) is 14. The van der Waals surface area contributed by atoms with Crippen LogP contribution in [-0.2, 0) is 43.2 Å². The van der Waals surface area contributed by atoms with Gasteiger partial charge in [-0.1, -0.05) is 61.3 Å². The van der Waals surface area contributed by atoms with Crippen molar-refractivity contribution >= 4 is 53.2 Å². The second-order valence-corrected chi connectivity index (χ2v) is 20.0. The molecular formula is C46H87N13O10. The average molecular weight is 982 g/mol. The Bertz CT molecular complexity index is 1680. The second-order valence-electron chi connectivity index (χ2n) is 20.0. The van der Waals surface area contributed by atoms with Gasteiger partial charge < -0.3 is 75.9 Å². The molecule has 0 aromatic heterocycles. The Labute approximate surface area is 408 Å². The van der Waals surface area contributed by atoms with Crippen molar-refractivity contribution in [3.8, 4) is 0 Å². The van der Waals surface area contributed by atoms with Gasteiger partial charge in [-0.05, 0) is 108 Å². The lowest BCUT2D eigenvalue weighted by molar-refractivity contribution is -0.136. The zero-order valence-electron chi connectivity index (χ0n) is 42.3. The first-order chi connectivity index (χ1) is 32.4. The van der Waals surface area contributed by atoms with Crippen molar-refractivity contribution in [1.82, 2.24) is 47.9 Å². The van der Waals surface area contributed by atoms with E-state index in [4.69, 9.17) is 22.9 Å². The Morgan fingerprint density at radius 3 is 1.46 bits per heavy atom. The van der Waals surface area contributed by atoms with Crippen LogP contribution in [0.2, 0.25) is 0 Å². The fourth-order valence-corrected chi connectivity index (χ4v) is 7.54. The number of unbranched alkanes of at least 4 members (excludes halogenated alkanes) is 2. The topological polar surface area (TPSA) is 386 Å². The van der Waals surface area contributed by atoms with Crippen molar-refractivity contribution < 1.29 is 48.3 Å². The summed E-state index contributed by atoms with van der Waals surface area (Å²) in [5.74, 6) is -7.20. The Morgan fingerprint density at radius 2 is 1.04 bits per heavy atom. The lowest BCUT2D eigenvalue weighted by Gasteiger charge is -2.29. The van der Waals surface area contributed by atoms with E-state index in [9.17, 15) is 48.3 Å². The van der Waals surface area contributed by atoms with E-state index in [1.54, 1.807) is 0 Å². The van der Waals surface area contributed by atoms with Gasteiger partial charge in [0.1, 0.15) is 48.3 Å². The molecule has 23 nitrogen and oxygen atoms in total. The Morgan fingerprint density at radius 1 is 0.609 bits per heavy atom. The summed E-state index contributed by atoms with van der Waals surface area (Å²) >= 11 is 0. The highest BCUT2D eigenvalue weighted by Gasteiger charge is 2.36. The van der Waals surface area contributed by atoms with Crippen molar-refractivity contribution in [3.63, 3.8) is 0 Å². The molecule has 0 aromatic carbocycles. The first-order valence-corrected chi connectivity index (χ1v) is 24.6. The van der Waals surface area contributed by atoms with E-state index in [1.807, 2.05) is 27.7 Å². The van der Waals surface area contributed by atoms with Crippen LogP contribution in [0.15, 0.2) is 0 Å². The molecule has 0 unspecified atom stereocenters. The second kappa shape index (κ2) is 32.0. The summed E-state index contributed by atoms with van der Waals surface area (Å²) in [5.41, 5.74) is 23.5. The van der Waals surface area contributed by atoms with Crippen molar-refractivity contribution in [2.24, 2.45) is 40.2 Å². The van der Waals surface area contributed by atoms with Crippen LogP contribution in [0.25, 0.3) is 0 Å². The van der Waals surface area contributed by atoms with E-state index < -0.39 is 102 Å². The van der Waals surface area contributed by atoms with E-state index in [2.05, 4.69) is 68.6 Å². The number of hydrogen-bond donors (Lipinski definition) is 14. The predicted molar refractivity (Wildman–Crippen MR) is 261 cm³/mol. The summed E-state index contributed by atoms with van der Waals surface area (Å²) < 4.78 is 0. The predicted octanol–water partition coefficient (Wildman–Crippen LogP) is -2.75. The van der Waals surface area contributed by atoms with Crippen LogP contribution in [0, 0.1) is 17.3 Å². The van der Waals surface area contributed by atoms with Gasteiger partial charge in [-0.25, -0.2) is 0 Å².